The van der Waals surface area contributed by atoms with Gasteiger partial charge in [0.05, 0.1) is 10.0 Å². The largest absolute Gasteiger partial charge is 0.489 e. The molecule has 4 heteroatoms. The van der Waals surface area contributed by atoms with E-state index in [9.17, 15) is 0 Å². The van der Waals surface area contributed by atoms with E-state index < -0.39 is 0 Å². The minimum Gasteiger partial charge on any atom is -0.489 e. The van der Waals surface area contributed by atoms with Crippen molar-refractivity contribution < 1.29 is 4.74 Å². The summed E-state index contributed by atoms with van der Waals surface area (Å²) >= 11 is 12.1. The molecular formula is C22H23Cl2NO. The SMILES string of the molecule is CC(C)CNCc1c(OCc2ccc(Cl)c(Cl)c2)ccc2ccccc12. The van der Waals surface area contributed by atoms with Gasteiger partial charge < -0.3 is 10.1 Å². The molecule has 0 saturated heterocycles. The highest BCUT2D eigenvalue weighted by Gasteiger charge is 2.10. The summed E-state index contributed by atoms with van der Waals surface area (Å²) in [6.45, 7) is 6.60. The van der Waals surface area contributed by atoms with Gasteiger partial charge in [0.2, 0.25) is 0 Å². The molecule has 0 spiro atoms. The van der Waals surface area contributed by atoms with Crippen LogP contribution in [0.25, 0.3) is 10.8 Å². The van der Waals surface area contributed by atoms with Crippen LogP contribution in [0.15, 0.2) is 54.6 Å². The molecule has 0 aliphatic heterocycles. The summed E-state index contributed by atoms with van der Waals surface area (Å²) in [5.41, 5.74) is 2.18. The van der Waals surface area contributed by atoms with Crippen LogP contribution in [-0.4, -0.2) is 6.54 Å². The van der Waals surface area contributed by atoms with E-state index >= 15 is 0 Å². The lowest BCUT2D eigenvalue weighted by Gasteiger charge is -2.16. The number of halogens is 2. The molecular weight excluding hydrogens is 365 g/mol. The molecule has 0 bridgehead atoms. The fourth-order valence-corrected chi connectivity index (χ4v) is 3.23. The minimum absolute atomic E-state index is 0.451. The Labute approximate surface area is 165 Å². The average Bonchev–Trinajstić information content (AvgIpc) is 2.63. The molecule has 0 radical (unpaired) electrons. The van der Waals surface area contributed by atoms with Crippen molar-refractivity contribution in [2.24, 2.45) is 5.92 Å². The van der Waals surface area contributed by atoms with Gasteiger partial charge in [-0.2, -0.15) is 0 Å². The Bertz CT molecular complexity index is 892. The van der Waals surface area contributed by atoms with Gasteiger partial charge in [0.15, 0.2) is 0 Å². The summed E-state index contributed by atoms with van der Waals surface area (Å²) in [6.07, 6.45) is 0. The van der Waals surface area contributed by atoms with Crippen molar-refractivity contribution in [1.82, 2.24) is 5.32 Å². The molecule has 0 aliphatic rings. The Hall–Kier alpha value is -1.74. The Morgan fingerprint density at radius 3 is 2.54 bits per heavy atom. The number of rotatable bonds is 7. The van der Waals surface area contributed by atoms with Crippen LogP contribution in [-0.2, 0) is 13.2 Å². The fraction of sp³-hybridized carbons (Fsp3) is 0.273. The Balaban J connectivity index is 1.84. The smallest absolute Gasteiger partial charge is 0.124 e. The maximum absolute atomic E-state index is 6.14. The number of fused-ring (bicyclic) bond motifs is 1. The normalized spacial score (nSPS) is 11.3. The van der Waals surface area contributed by atoms with Crippen LogP contribution in [0.2, 0.25) is 10.0 Å². The molecule has 136 valence electrons. The maximum atomic E-state index is 6.14. The van der Waals surface area contributed by atoms with Crippen molar-refractivity contribution in [3.8, 4) is 5.75 Å². The summed E-state index contributed by atoms with van der Waals surface area (Å²) < 4.78 is 6.14. The summed E-state index contributed by atoms with van der Waals surface area (Å²) in [5, 5.41) is 7.07. The van der Waals surface area contributed by atoms with Crippen molar-refractivity contribution in [3.63, 3.8) is 0 Å². The quantitative estimate of drug-likeness (QED) is 0.501. The van der Waals surface area contributed by atoms with E-state index in [1.54, 1.807) is 6.07 Å². The second-order valence-corrected chi connectivity index (χ2v) is 7.64. The van der Waals surface area contributed by atoms with Crippen LogP contribution in [0.3, 0.4) is 0 Å². The lowest BCUT2D eigenvalue weighted by atomic mass is 10.0. The van der Waals surface area contributed by atoms with E-state index in [2.05, 4.69) is 49.5 Å². The first-order chi connectivity index (χ1) is 12.5. The van der Waals surface area contributed by atoms with Crippen LogP contribution < -0.4 is 10.1 Å². The van der Waals surface area contributed by atoms with Crippen LogP contribution in [0, 0.1) is 5.92 Å². The summed E-state index contributed by atoms with van der Waals surface area (Å²) in [6, 6.07) is 18.1. The maximum Gasteiger partial charge on any atom is 0.124 e. The first kappa shape index (κ1) is 19.0. The van der Waals surface area contributed by atoms with Crippen LogP contribution in [0.1, 0.15) is 25.0 Å². The third kappa shape index (κ3) is 4.70. The lowest BCUT2D eigenvalue weighted by Crippen LogP contribution is -2.19. The van der Waals surface area contributed by atoms with E-state index in [-0.39, 0.29) is 0 Å². The van der Waals surface area contributed by atoms with Crippen molar-refractivity contribution >= 4 is 34.0 Å². The van der Waals surface area contributed by atoms with Crippen LogP contribution >= 0.6 is 23.2 Å². The minimum atomic E-state index is 0.451. The van der Waals surface area contributed by atoms with Gasteiger partial charge in [-0.1, -0.05) is 73.4 Å². The predicted octanol–water partition coefficient (Wildman–Crippen LogP) is 6.47. The monoisotopic (exact) mass is 387 g/mol. The Kier molecular flexibility index (Phi) is 6.42. The van der Waals surface area contributed by atoms with Gasteiger partial charge in [0.1, 0.15) is 12.4 Å². The van der Waals surface area contributed by atoms with E-state index in [4.69, 9.17) is 27.9 Å². The Morgan fingerprint density at radius 1 is 0.962 bits per heavy atom. The van der Waals surface area contributed by atoms with E-state index in [1.807, 2.05) is 18.2 Å². The van der Waals surface area contributed by atoms with Crippen LogP contribution in [0.5, 0.6) is 5.75 Å². The van der Waals surface area contributed by atoms with E-state index in [1.165, 1.54) is 16.3 Å². The van der Waals surface area contributed by atoms with Crippen molar-refractivity contribution in [2.45, 2.75) is 27.0 Å². The molecule has 0 heterocycles. The first-order valence-electron chi connectivity index (χ1n) is 8.82. The Morgan fingerprint density at radius 2 is 1.77 bits per heavy atom. The van der Waals surface area contributed by atoms with Crippen molar-refractivity contribution in [3.05, 3.63) is 75.8 Å². The fourth-order valence-electron chi connectivity index (χ4n) is 2.91. The molecule has 0 unspecified atom stereocenters. The van der Waals surface area contributed by atoms with Gasteiger partial charge in [0.25, 0.3) is 0 Å². The summed E-state index contributed by atoms with van der Waals surface area (Å²) in [4.78, 5) is 0. The molecule has 3 aromatic rings. The highest BCUT2D eigenvalue weighted by atomic mass is 35.5. The molecule has 26 heavy (non-hydrogen) atoms. The zero-order valence-electron chi connectivity index (χ0n) is 15.1. The van der Waals surface area contributed by atoms with Gasteiger partial charge >= 0.3 is 0 Å². The van der Waals surface area contributed by atoms with Crippen molar-refractivity contribution in [1.29, 1.82) is 0 Å². The molecule has 0 saturated carbocycles. The number of hydrogen-bond acceptors (Lipinski definition) is 2. The van der Waals surface area contributed by atoms with Crippen molar-refractivity contribution in [2.75, 3.05) is 6.54 Å². The first-order valence-corrected chi connectivity index (χ1v) is 9.58. The lowest BCUT2D eigenvalue weighted by molar-refractivity contribution is 0.302. The van der Waals surface area contributed by atoms with Gasteiger partial charge in [-0.15, -0.1) is 0 Å². The predicted molar refractivity (Wildman–Crippen MR) is 111 cm³/mol. The standard InChI is InChI=1S/C22H23Cl2NO/c1-15(2)12-25-13-19-18-6-4-3-5-17(18)8-10-22(19)26-14-16-7-9-20(23)21(24)11-16/h3-11,15,25H,12-14H2,1-2H3. The highest BCUT2D eigenvalue weighted by molar-refractivity contribution is 6.42. The van der Waals surface area contributed by atoms with E-state index in [0.29, 0.717) is 22.6 Å². The molecule has 3 rings (SSSR count). The second kappa shape index (κ2) is 8.77. The zero-order chi connectivity index (χ0) is 18.5. The number of hydrogen-bond donors (Lipinski definition) is 1. The van der Waals surface area contributed by atoms with Crippen LogP contribution in [0.4, 0.5) is 0 Å². The molecule has 0 aliphatic carbocycles. The average molecular weight is 388 g/mol. The molecule has 3 aromatic carbocycles. The summed E-state index contributed by atoms with van der Waals surface area (Å²) in [7, 11) is 0. The molecule has 0 fully saturated rings. The van der Waals surface area contributed by atoms with E-state index in [0.717, 1.165) is 24.4 Å². The number of nitrogens with one attached hydrogen (secondary N) is 1. The second-order valence-electron chi connectivity index (χ2n) is 6.83. The molecule has 2 nitrogen and oxygen atoms in total. The molecule has 0 aromatic heterocycles. The van der Waals surface area contributed by atoms with Gasteiger partial charge in [-0.05, 0) is 47.0 Å². The third-order valence-corrected chi connectivity index (χ3v) is 4.97. The summed E-state index contributed by atoms with van der Waals surface area (Å²) in [5.74, 6) is 1.50. The third-order valence-electron chi connectivity index (χ3n) is 4.23. The van der Waals surface area contributed by atoms with Gasteiger partial charge in [-0.25, -0.2) is 0 Å². The highest BCUT2D eigenvalue weighted by Crippen LogP contribution is 2.29. The van der Waals surface area contributed by atoms with Gasteiger partial charge in [-0.3, -0.25) is 0 Å². The molecule has 1 N–H and O–H groups in total. The number of ether oxygens (including phenoxy) is 1. The molecule has 0 amide bonds. The molecule has 0 atom stereocenters. The topological polar surface area (TPSA) is 21.3 Å². The zero-order valence-corrected chi connectivity index (χ0v) is 16.6. The number of benzene rings is 3. The van der Waals surface area contributed by atoms with Gasteiger partial charge in [0, 0.05) is 12.1 Å².